The molecule has 0 fully saturated rings. The number of carbonyl (C=O) groups is 1. The van der Waals surface area contributed by atoms with Crippen LogP contribution < -0.4 is 10.5 Å². The highest BCUT2D eigenvalue weighted by Crippen LogP contribution is 2.21. The Hall–Kier alpha value is -2.36. The van der Waals surface area contributed by atoms with Gasteiger partial charge in [-0.2, -0.15) is 0 Å². The number of aromatic nitrogens is 1. The van der Waals surface area contributed by atoms with Gasteiger partial charge in [-0.05, 0) is 24.3 Å². The van der Waals surface area contributed by atoms with Crippen LogP contribution in [0.2, 0.25) is 0 Å². The first-order valence-electron chi connectivity index (χ1n) is 4.71. The first kappa shape index (κ1) is 10.2. The van der Waals surface area contributed by atoms with E-state index in [1.165, 1.54) is 12.3 Å². The van der Waals surface area contributed by atoms with E-state index < -0.39 is 5.91 Å². The maximum atomic E-state index is 11.0. The lowest BCUT2D eigenvalue weighted by Gasteiger charge is -2.06. The smallest absolute Gasteiger partial charge is 0.275 e. The van der Waals surface area contributed by atoms with Gasteiger partial charge in [0, 0.05) is 6.20 Å². The van der Waals surface area contributed by atoms with E-state index in [9.17, 15) is 4.79 Å². The Bertz CT molecular complexity index is 497. The molecule has 2 aromatic rings. The van der Waals surface area contributed by atoms with Gasteiger partial charge in [-0.15, -0.1) is 0 Å². The summed E-state index contributed by atoms with van der Waals surface area (Å²) in [6, 6.07) is 12.1. The SMILES string of the molecule is [NH]C(=O)c1cccnc1Oc1ccccc1. The number of nitrogens with zero attached hydrogens (tertiary/aromatic N) is 1. The molecule has 0 aliphatic carbocycles. The Morgan fingerprint density at radius 1 is 1.12 bits per heavy atom. The lowest BCUT2D eigenvalue weighted by atomic mass is 10.2. The summed E-state index contributed by atoms with van der Waals surface area (Å²) in [7, 11) is 0. The lowest BCUT2D eigenvalue weighted by Crippen LogP contribution is -2.03. The van der Waals surface area contributed by atoms with Crippen LogP contribution in [0.5, 0.6) is 11.6 Å². The summed E-state index contributed by atoms with van der Waals surface area (Å²) in [6.07, 6.45) is 1.52. The molecule has 0 aliphatic rings. The number of nitrogens with one attached hydrogen (secondary N) is 1. The number of ether oxygens (including phenoxy) is 1. The molecule has 0 atom stereocenters. The molecule has 1 heterocycles. The molecular weight excluding hydrogens is 204 g/mol. The molecule has 0 spiro atoms. The molecule has 79 valence electrons. The number of hydrogen-bond acceptors (Lipinski definition) is 3. The number of amides is 1. The van der Waals surface area contributed by atoms with Crippen LogP contribution >= 0.6 is 0 Å². The molecule has 4 nitrogen and oxygen atoms in total. The highest BCUT2D eigenvalue weighted by Gasteiger charge is 2.10. The minimum Gasteiger partial charge on any atom is -0.438 e. The van der Waals surface area contributed by atoms with Crippen molar-refractivity contribution in [2.75, 3.05) is 0 Å². The van der Waals surface area contributed by atoms with Gasteiger partial charge in [-0.3, -0.25) is 10.5 Å². The van der Waals surface area contributed by atoms with E-state index in [0.29, 0.717) is 5.75 Å². The highest BCUT2D eigenvalue weighted by atomic mass is 16.5. The molecule has 1 N–H and O–H groups in total. The summed E-state index contributed by atoms with van der Waals surface area (Å²) in [4.78, 5) is 14.9. The Kier molecular flexibility index (Phi) is 2.82. The zero-order valence-corrected chi connectivity index (χ0v) is 8.38. The average Bonchev–Trinajstić information content (AvgIpc) is 2.31. The van der Waals surface area contributed by atoms with Crippen molar-refractivity contribution in [3.63, 3.8) is 0 Å². The van der Waals surface area contributed by atoms with E-state index >= 15 is 0 Å². The Labute approximate surface area is 92.7 Å². The fourth-order valence-electron chi connectivity index (χ4n) is 1.25. The first-order valence-corrected chi connectivity index (χ1v) is 4.71. The quantitative estimate of drug-likeness (QED) is 0.785. The third-order valence-corrected chi connectivity index (χ3v) is 1.97. The van der Waals surface area contributed by atoms with Crippen molar-refractivity contribution in [2.45, 2.75) is 0 Å². The van der Waals surface area contributed by atoms with Crippen LogP contribution in [0.3, 0.4) is 0 Å². The third-order valence-electron chi connectivity index (χ3n) is 1.97. The molecule has 1 aromatic heterocycles. The molecule has 0 aliphatic heterocycles. The van der Waals surface area contributed by atoms with Crippen molar-refractivity contribution in [3.8, 4) is 11.6 Å². The monoisotopic (exact) mass is 213 g/mol. The van der Waals surface area contributed by atoms with Crippen LogP contribution in [-0.4, -0.2) is 10.9 Å². The van der Waals surface area contributed by atoms with Crippen molar-refractivity contribution >= 4 is 5.91 Å². The van der Waals surface area contributed by atoms with E-state index in [4.69, 9.17) is 10.5 Å². The number of carbonyl (C=O) groups excluding carboxylic acids is 1. The molecule has 1 aromatic carbocycles. The van der Waals surface area contributed by atoms with Gasteiger partial charge in [0.2, 0.25) is 5.88 Å². The van der Waals surface area contributed by atoms with Gasteiger partial charge >= 0.3 is 0 Å². The van der Waals surface area contributed by atoms with Crippen LogP contribution in [0.25, 0.3) is 0 Å². The van der Waals surface area contributed by atoms with Gasteiger partial charge in [0.15, 0.2) is 0 Å². The second-order valence-electron chi connectivity index (χ2n) is 3.10. The first-order chi connectivity index (χ1) is 7.77. The highest BCUT2D eigenvalue weighted by molar-refractivity contribution is 5.94. The number of benzene rings is 1. The number of hydrogen-bond donors (Lipinski definition) is 0. The largest absolute Gasteiger partial charge is 0.438 e. The summed E-state index contributed by atoms with van der Waals surface area (Å²) in [5, 5.41) is 0. The second-order valence-corrected chi connectivity index (χ2v) is 3.10. The average molecular weight is 213 g/mol. The molecular formula is C12H9N2O2. The van der Waals surface area contributed by atoms with Crippen molar-refractivity contribution in [2.24, 2.45) is 0 Å². The molecule has 0 bridgehead atoms. The zero-order chi connectivity index (χ0) is 11.4. The van der Waals surface area contributed by atoms with Crippen LogP contribution in [0.1, 0.15) is 10.4 Å². The molecule has 0 saturated carbocycles. The van der Waals surface area contributed by atoms with Crippen LogP contribution in [0.15, 0.2) is 48.7 Å². The molecule has 0 unspecified atom stereocenters. The standard InChI is InChI=1S/C12H9N2O2/c13-11(15)10-7-4-8-14-12(10)16-9-5-2-1-3-6-9/h1-8,13H. The van der Waals surface area contributed by atoms with Crippen LogP contribution in [-0.2, 0) is 0 Å². The third kappa shape index (κ3) is 2.17. The summed E-state index contributed by atoms with van der Waals surface area (Å²) in [5.41, 5.74) is 7.23. The van der Waals surface area contributed by atoms with E-state index in [1.807, 2.05) is 18.2 Å². The zero-order valence-electron chi connectivity index (χ0n) is 8.38. The number of pyridine rings is 1. The Morgan fingerprint density at radius 3 is 2.56 bits per heavy atom. The van der Waals surface area contributed by atoms with Gasteiger partial charge in [-0.1, -0.05) is 18.2 Å². The van der Waals surface area contributed by atoms with Crippen LogP contribution in [0, 0.1) is 0 Å². The summed E-state index contributed by atoms with van der Waals surface area (Å²) >= 11 is 0. The summed E-state index contributed by atoms with van der Waals surface area (Å²) in [5.74, 6) is -0.0589. The number of rotatable bonds is 3. The Balaban J connectivity index is 2.31. The normalized spacial score (nSPS) is 9.75. The van der Waals surface area contributed by atoms with Gasteiger partial charge in [0.05, 0.1) is 0 Å². The predicted molar refractivity (Wildman–Crippen MR) is 58.2 cm³/mol. The topological polar surface area (TPSA) is 63.0 Å². The van der Waals surface area contributed by atoms with Crippen LogP contribution in [0.4, 0.5) is 0 Å². The number of para-hydroxylation sites is 1. The maximum absolute atomic E-state index is 11.0. The van der Waals surface area contributed by atoms with E-state index in [-0.39, 0.29) is 11.4 Å². The predicted octanol–water partition coefficient (Wildman–Crippen LogP) is 2.30. The van der Waals surface area contributed by atoms with Gasteiger partial charge in [0.25, 0.3) is 5.91 Å². The lowest BCUT2D eigenvalue weighted by molar-refractivity contribution is 0.0989. The van der Waals surface area contributed by atoms with E-state index in [0.717, 1.165) is 0 Å². The van der Waals surface area contributed by atoms with Crippen molar-refractivity contribution < 1.29 is 9.53 Å². The fraction of sp³-hybridized carbons (Fsp3) is 0. The van der Waals surface area contributed by atoms with Gasteiger partial charge < -0.3 is 4.74 Å². The molecule has 0 saturated heterocycles. The minimum atomic E-state index is -0.806. The fourth-order valence-corrected chi connectivity index (χ4v) is 1.25. The van der Waals surface area contributed by atoms with Crippen molar-refractivity contribution in [3.05, 3.63) is 54.2 Å². The van der Waals surface area contributed by atoms with Gasteiger partial charge in [0.1, 0.15) is 11.3 Å². The second kappa shape index (κ2) is 4.44. The summed E-state index contributed by atoms with van der Waals surface area (Å²) in [6.45, 7) is 0. The van der Waals surface area contributed by atoms with E-state index in [2.05, 4.69) is 4.98 Å². The van der Waals surface area contributed by atoms with E-state index in [1.54, 1.807) is 18.2 Å². The molecule has 2 rings (SSSR count). The van der Waals surface area contributed by atoms with Crippen molar-refractivity contribution in [1.29, 1.82) is 0 Å². The Morgan fingerprint density at radius 2 is 1.88 bits per heavy atom. The van der Waals surface area contributed by atoms with Gasteiger partial charge in [-0.25, -0.2) is 4.98 Å². The molecule has 16 heavy (non-hydrogen) atoms. The summed E-state index contributed by atoms with van der Waals surface area (Å²) < 4.78 is 5.42. The minimum absolute atomic E-state index is 0.159. The molecule has 4 heteroatoms. The molecule has 1 amide bonds. The van der Waals surface area contributed by atoms with Crippen molar-refractivity contribution in [1.82, 2.24) is 10.7 Å². The molecule has 1 radical (unpaired) electrons. The maximum Gasteiger partial charge on any atom is 0.275 e.